The molecule has 0 fully saturated rings. The minimum Gasteiger partial charge on any atom is -0.236 e. The summed E-state index contributed by atoms with van der Waals surface area (Å²) in [6.07, 6.45) is 5.73. The lowest BCUT2D eigenvalue weighted by molar-refractivity contribution is 0.825. The highest BCUT2D eigenvalue weighted by Crippen LogP contribution is 2.25. The van der Waals surface area contributed by atoms with Crippen LogP contribution in [0.5, 0.6) is 0 Å². The van der Waals surface area contributed by atoms with Gasteiger partial charge in [-0.1, -0.05) is 36.8 Å². The Balaban J connectivity index is 1.97. The smallest absolute Gasteiger partial charge is 0.166 e. The summed E-state index contributed by atoms with van der Waals surface area (Å²) in [5.74, 6) is 1.91. The van der Waals surface area contributed by atoms with Crippen molar-refractivity contribution in [2.45, 2.75) is 18.7 Å². The molecule has 0 aliphatic carbocycles. The average Bonchev–Trinajstić information content (AvgIpc) is 2.99. The summed E-state index contributed by atoms with van der Waals surface area (Å²) >= 11 is 1.78. The van der Waals surface area contributed by atoms with Crippen LogP contribution >= 0.6 is 11.8 Å². The van der Waals surface area contributed by atoms with Crippen molar-refractivity contribution in [3.8, 4) is 16.9 Å². The van der Waals surface area contributed by atoms with Crippen LogP contribution in [0.25, 0.3) is 16.9 Å². The zero-order valence-corrected chi connectivity index (χ0v) is 13.0. The van der Waals surface area contributed by atoms with Crippen molar-refractivity contribution in [2.75, 3.05) is 5.75 Å². The zero-order valence-electron chi connectivity index (χ0n) is 12.2. The predicted octanol–water partition coefficient (Wildman–Crippen LogP) is 4.35. The minimum absolute atomic E-state index is 0.891. The minimum atomic E-state index is 0.891. The first-order chi connectivity index (χ1) is 10.3. The van der Waals surface area contributed by atoms with Crippen molar-refractivity contribution in [3.63, 3.8) is 0 Å². The first-order valence-electron chi connectivity index (χ1n) is 6.98. The van der Waals surface area contributed by atoms with Gasteiger partial charge in [0.25, 0.3) is 0 Å². The molecule has 1 aromatic carbocycles. The van der Waals surface area contributed by atoms with Gasteiger partial charge < -0.3 is 0 Å². The Morgan fingerprint density at radius 2 is 1.90 bits per heavy atom. The maximum atomic E-state index is 4.47. The van der Waals surface area contributed by atoms with Crippen LogP contribution in [-0.2, 0) is 0 Å². The second-order valence-electron chi connectivity index (χ2n) is 4.80. The number of aromatic nitrogens is 3. The first-order valence-corrected chi connectivity index (χ1v) is 7.96. The number of hydrogen-bond donors (Lipinski definition) is 0. The molecule has 0 atom stereocenters. The Morgan fingerprint density at radius 1 is 1.10 bits per heavy atom. The zero-order chi connectivity index (χ0) is 14.7. The molecule has 0 bridgehead atoms. The average molecular weight is 295 g/mol. The quantitative estimate of drug-likeness (QED) is 0.670. The van der Waals surface area contributed by atoms with Crippen molar-refractivity contribution >= 4 is 11.8 Å². The number of pyridine rings is 1. The van der Waals surface area contributed by atoms with Crippen LogP contribution in [0.2, 0.25) is 0 Å². The summed E-state index contributed by atoms with van der Waals surface area (Å²) in [5.41, 5.74) is 3.54. The fourth-order valence-corrected chi connectivity index (χ4v) is 2.92. The molecule has 0 unspecified atom stereocenters. The molecular formula is C17H17N3S. The maximum absolute atomic E-state index is 4.47. The third kappa shape index (κ3) is 3.00. The number of thioether (sulfide) groups is 1. The lowest BCUT2D eigenvalue weighted by Gasteiger charge is -2.06. The Kier molecular flexibility index (Phi) is 4.06. The summed E-state index contributed by atoms with van der Waals surface area (Å²) in [5, 5.41) is 4.47. The van der Waals surface area contributed by atoms with E-state index in [9.17, 15) is 0 Å². The molecule has 0 spiro atoms. The van der Waals surface area contributed by atoms with Crippen molar-refractivity contribution in [3.05, 3.63) is 60.6 Å². The second kappa shape index (κ2) is 6.14. The van der Waals surface area contributed by atoms with Crippen LogP contribution in [0.15, 0.2) is 59.9 Å². The Hall–Kier alpha value is -2.07. The molecule has 4 heteroatoms. The molecule has 0 aliphatic rings. The van der Waals surface area contributed by atoms with Crippen LogP contribution in [0.1, 0.15) is 12.5 Å². The van der Waals surface area contributed by atoms with Crippen molar-refractivity contribution in [1.82, 2.24) is 14.8 Å². The monoisotopic (exact) mass is 295 g/mol. The number of rotatable bonds is 4. The Labute approximate surface area is 129 Å². The van der Waals surface area contributed by atoms with Gasteiger partial charge in [0.2, 0.25) is 0 Å². The van der Waals surface area contributed by atoms with Gasteiger partial charge in [-0.2, -0.15) is 5.10 Å². The molecule has 0 saturated heterocycles. The molecule has 3 aromatic rings. The Morgan fingerprint density at radius 3 is 2.67 bits per heavy atom. The third-order valence-corrected chi connectivity index (χ3v) is 4.15. The van der Waals surface area contributed by atoms with Gasteiger partial charge in [-0.25, -0.2) is 9.67 Å². The molecule has 0 saturated carbocycles. The van der Waals surface area contributed by atoms with Crippen LogP contribution in [-0.4, -0.2) is 20.5 Å². The predicted molar refractivity (Wildman–Crippen MR) is 87.9 cm³/mol. The molecule has 106 valence electrons. The van der Waals surface area contributed by atoms with E-state index in [2.05, 4.69) is 54.3 Å². The molecule has 3 rings (SSSR count). The van der Waals surface area contributed by atoms with Gasteiger partial charge in [0.05, 0.1) is 11.1 Å². The van der Waals surface area contributed by atoms with Crippen LogP contribution in [0.3, 0.4) is 0 Å². The topological polar surface area (TPSA) is 30.7 Å². The molecule has 3 nitrogen and oxygen atoms in total. The second-order valence-corrected chi connectivity index (χ2v) is 6.10. The lowest BCUT2D eigenvalue weighted by atomic mass is 10.1. The van der Waals surface area contributed by atoms with Crippen molar-refractivity contribution in [1.29, 1.82) is 0 Å². The summed E-state index contributed by atoms with van der Waals surface area (Å²) in [6.45, 7) is 4.23. The number of nitrogens with zero attached hydrogens (tertiary/aromatic N) is 3. The largest absolute Gasteiger partial charge is 0.236 e. The SMILES string of the molecule is CCSc1cccnc1-n1cc(-c2ccc(C)cc2)cn1. The lowest BCUT2D eigenvalue weighted by Crippen LogP contribution is -1.99. The van der Waals surface area contributed by atoms with Crippen LogP contribution in [0.4, 0.5) is 0 Å². The maximum Gasteiger partial charge on any atom is 0.166 e. The highest BCUT2D eigenvalue weighted by atomic mass is 32.2. The van der Waals surface area contributed by atoms with E-state index in [4.69, 9.17) is 0 Å². The van der Waals surface area contributed by atoms with Crippen LogP contribution in [0, 0.1) is 6.92 Å². The van der Waals surface area contributed by atoms with Gasteiger partial charge in [-0.15, -0.1) is 11.8 Å². The number of aryl methyl sites for hydroxylation is 1. The van der Waals surface area contributed by atoms with E-state index in [-0.39, 0.29) is 0 Å². The van der Waals surface area contributed by atoms with E-state index < -0.39 is 0 Å². The molecule has 2 aromatic heterocycles. The van der Waals surface area contributed by atoms with Crippen molar-refractivity contribution in [2.24, 2.45) is 0 Å². The molecule has 0 radical (unpaired) electrons. The van der Waals surface area contributed by atoms with E-state index in [1.54, 1.807) is 11.8 Å². The molecule has 2 heterocycles. The molecular weight excluding hydrogens is 278 g/mol. The van der Waals surface area contributed by atoms with Gasteiger partial charge in [0.15, 0.2) is 5.82 Å². The highest BCUT2D eigenvalue weighted by molar-refractivity contribution is 7.99. The van der Waals surface area contributed by atoms with E-state index in [0.29, 0.717) is 0 Å². The summed E-state index contributed by atoms with van der Waals surface area (Å²) in [4.78, 5) is 5.62. The van der Waals surface area contributed by atoms with E-state index in [1.165, 1.54) is 11.1 Å². The Bertz CT molecular complexity index is 732. The first kappa shape index (κ1) is 13.9. The van der Waals surface area contributed by atoms with Gasteiger partial charge >= 0.3 is 0 Å². The van der Waals surface area contributed by atoms with Crippen LogP contribution < -0.4 is 0 Å². The molecule has 0 aliphatic heterocycles. The standard InChI is InChI=1S/C17H17N3S/c1-3-21-16-5-4-10-18-17(16)20-12-15(11-19-20)14-8-6-13(2)7-9-14/h4-12H,3H2,1-2H3. The van der Waals surface area contributed by atoms with E-state index in [0.717, 1.165) is 22.0 Å². The fraction of sp³-hybridized carbons (Fsp3) is 0.176. The summed E-state index contributed by atoms with van der Waals surface area (Å²) in [7, 11) is 0. The summed E-state index contributed by atoms with van der Waals surface area (Å²) < 4.78 is 1.85. The molecule has 0 amide bonds. The van der Waals surface area contributed by atoms with E-state index >= 15 is 0 Å². The van der Waals surface area contributed by atoms with Gasteiger partial charge in [0.1, 0.15) is 0 Å². The normalized spacial score (nSPS) is 10.8. The van der Waals surface area contributed by atoms with Gasteiger partial charge in [-0.3, -0.25) is 0 Å². The molecule has 0 N–H and O–H groups in total. The van der Waals surface area contributed by atoms with Gasteiger partial charge in [-0.05, 0) is 30.4 Å². The van der Waals surface area contributed by atoms with E-state index in [1.807, 2.05) is 29.3 Å². The molecule has 21 heavy (non-hydrogen) atoms. The van der Waals surface area contributed by atoms with Gasteiger partial charge in [0, 0.05) is 18.0 Å². The third-order valence-electron chi connectivity index (χ3n) is 3.24. The number of benzene rings is 1. The van der Waals surface area contributed by atoms with Crippen molar-refractivity contribution < 1.29 is 0 Å². The highest BCUT2D eigenvalue weighted by Gasteiger charge is 2.08. The number of hydrogen-bond acceptors (Lipinski definition) is 3. The fourth-order valence-electron chi connectivity index (χ4n) is 2.16. The summed E-state index contributed by atoms with van der Waals surface area (Å²) in [6, 6.07) is 12.5.